The lowest BCUT2D eigenvalue weighted by molar-refractivity contribution is -0.136. The fraction of sp³-hybridized carbons (Fsp3) is 0.526. The van der Waals surface area contributed by atoms with Crippen molar-refractivity contribution in [3.63, 3.8) is 0 Å². The Bertz CT molecular complexity index is 842. The second kappa shape index (κ2) is 6.02. The number of hydrogen-bond donors (Lipinski definition) is 2. The summed E-state index contributed by atoms with van der Waals surface area (Å²) in [4.78, 5) is 39.9. The van der Waals surface area contributed by atoms with Crippen LogP contribution in [-0.2, 0) is 16.1 Å². The Kier molecular flexibility index (Phi) is 3.72. The second-order valence-corrected chi connectivity index (χ2v) is 7.81. The van der Waals surface area contributed by atoms with Crippen LogP contribution in [0.1, 0.15) is 41.6 Å². The van der Waals surface area contributed by atoms with E-state index in [1.54, 1.807) is 6.07 Å². The third-order valence-corrected chi connectivity index (χ3v) is 6.25. The summed E-state index contributed by atoms with van der Waals surface area (Å²) in [7, 11) is 0. The summed E-state index contributed by atoms with van der Waals surface area (Å²) in [6.45, 7) is 1.96. The van der Waals surface area contributed by atoms with Gasteiger partial charge in [-0.2, -0.15) is 0 Å². The third-order valence-electron chi connectivity index (χ3n) is 6.25. The van der Waals surface area contributed by atoms with Gasteiger partial charge in [0.1, 0.15) is 11.9 Å². The molecule has 0 radical (unpaired) electrons. The Labute approximate surface area is 155 Å². The normalized spacial score (nSPS) is 30.0. The van der Waals surface area contributed by atoms with E-state index in [9.17, 15) is 18.8 Å². The van der Waals surface area contributed by atoms with E-state index >= 15 is 0 Å². The van der Waals surface area contributed by atoms with Gasteiger partial charge < -0.3 is 15.1 Å². The number of piperidine rings is 1. The van der Waals surface area contributed by atoms with Gasteiger partial charge in [-0.05, 0) is 37.0 Å². The van der Waals surface area contributed by atoms with Crippen molar-refractivity contribution in [2.75, 3.05) is 18.0 Å². The number of halogens is 1. The van der Waals surface area contributed by atoms with Crippen molar-refractivity contribution in [1.29, 1.82) is 0 Å². The molecule has 5 rings (SSSR count). The Morgan fingerprint density at radius 2 is 1.78 bits per heavy atom. The fourth-order valence-corrected chi connectivity index (χ4v) is 4.95. The van der Waals surface area contributed by atoms with Gasteiger partial charge in [0.2, 0.25) is 11.8 Å². The first-order valence-corrected chi connectivity index (χ1v) is 9.49. The number of benzene rings is 1. The van der Waals surface area contributed by atoms with E-state index in [-0.39, 0.29) is 42.7 Å². The zero-order valence-electron chi connectivity index (χ0n) is 14.8. The average Bonchev–Trinajstić information content (AvgIpc) is 3.07. The van der Waals surface area contributed by atoms with Gasteiger partial charge in [-0.3, -0.25) is 19.7 Å². The van der Waals surface area contributed by atoms with E-state index in [0.29, 0.717) is 17.7 Å². The SMILES string of the molecule is O=C1CCC(N2Cc3cc(N4C5CCC4CNC5)c(F)cc3C2=O)C(=O)N1. The quantitative estimate of drug-likeness (QED) is 0.740. The van der Waals surface area contributed by atoms with Gasteiger partial charge in [-0.25, -0.2) is 4.39 Å². The minimum absolute atomic E-state index is 0.209. The number of nitrogens with one attached hydrogen (secondary N) is 2. The van der Waals surface area contributed by atoms with Gasteiger partial charge >= 0.3 is 0 Å². The number of imide groups is 1. The predicted molar refractivity (Wildman–Crippen MR) is 94.6 cm³/mol. The number of fused-ring (bicyclic) bond motifs is 3. The fourth-order valence-electron chi connectivity index (χ4n) is 4.95. The monoisotopic (exact) mass is 372 g/mol. The number of nitrogens with zero attached hydrogens (tertiary/aromatic N) is 2. The minimum atomic E-state index is -0.676. The van der Waals surface area contributed by atoms with Crippen molar-refractivity contribution in [2.45, 2.75) is 50.4 Å². The number of carbonyl (C=O) groups excluding carboxylic acids is 3. The van der Waals surface area contributed by atoms with Gasteiger partial charge in [0.15, 0.2) is 0 Å². The van der Waals surface area contributed by atoms with Gasteiger partial charge in [-0.15, -0.1) is 0 Å². The van der Waals surface area contributed by atoms with Crippen molar-refractivity contribution in [3.8, 4) is 0 Å². The summed E-state index contributed by atoms with van der Waals surface area (Å²) in [5.41, 5.74) is 1.63. The van der Waals surface area contributed by atoms with Crippen LogP contribution in [0.25, 0.3) is 0 Å². The summed E-state index contributed by atoms with van der Waals surface area (Å²) in [6.07, 6.45) is 2.59. The first-order valence-electron chi connectivity index (χ1n) is 9.49. The molecule has 0 spiro atoms. The maximum absolute atomic E-state index is 14.9. The van der Waals surface area contributed by atoms with Crippen molar-refractivity contribution in [3.05, 3.63) is 29.1 Å². The molecule has 0 aliphatic carbocycles. The topological polar surface area (TPSA) is 81.8 Å². The molecule has 7 nitrogen and oxygen atoms in total. The van der Waals surface area contributed by atoms with Crippen LogP contribution in [0.4, 0.5) is 10.1 Å². The first-order chi connectivity index (χ1) is 13.0. The minimum Gasteiger partial charge on any atom is -0.361 e. The number of amides is 3. The molecular formula is C19H21FN4O3. The number of piperazine rings is 1. The van der Waals surface area contributed by atoms with Crippen LogP contribution >= 0.6 is 0 Å². The Balaban J connectivity index is 1.45. The zero-order valence-corrected chi connectivity index (χ0v) is 14.8. The number of anilines is 1. The first kappa shape index (κ1) is 16.7. The van der Waals surface area contributed by atoms with Crippen molar-refractivity contribution in [2.24, 2.45) is 0 Å². The zero-order chi connectivity index (χ0) is 18.7. The maximum atomic E-state index is 14.9. The highest BCUT2D eigenvalue weighted by Crippen LogP contribution is 2.38. The van der Waals surface area contributed by atoms with Crippen LogP contribution in [0.15, 0.2) is 12.1 Å². The standard InChI is InChI=1S/C19H21FN4O3/c20-14-6-13-10(5-16(14)24-11-1-2-12(24)8-21-7-11)9-23(19(13)27)15-3-4-17(25)22-18(15)26/h5-6,11-12,15,21H,1-4,7-9H2,(H,22,25,26). The summed E-state index contributed by atoms with van der Waals surface area (Å²) >= 11 is 0. The molecule has 2 N–H and O–H groups in total. The molecular weight excluding hydrogens is 351 g/mol. The molecule has 4 aliphatic rings. The molecule has 3 unspecified atom stereocenters. The molecule has 3 saturated heterocycles. The molecule has 1 aromatic rings. The highest BCUT2D eigenvalue weighted by molar-refractivity contribution is 6.05. The lowest BCUT2D eigenvalue weighted by Crippen LogP contribution is -2.52. The third kappa shape index (κ3) is 2.54. The second-order valence-electron chi connectivity index (χ2n) is 7.81. The smallest absolute Gasteiger partial charge is 0.255 e. The van der Waals surface area contributed by atoms with Gasteiger partial charge in [0, 0.05) is 43.7 Å². The van der Waals surface area contributed by atoms with Gasteiger partial charge in [0.05, 0.1) is 5.69 Å². The Morgan fingerprint density at radius 1 is 1.04 bits per heavy atom. The highest BCUT2D eigenvalue weighted by Gasteiger charge is 2.42. The number of rotatable bonds is 2. The number of hydrogen-bond acceptors (Lipinski definition) is 5. The van der Waals surface area contributed by atoms with Crippen LogP contribution in [-0.4, -0.2) is 53.8 Å². The van der Waals surface area contributed by atoms with Crippen LogP contribution < -0.4 is 15.5 Å². The summed E-state index contributed by atoms with van der Waals surface area (Å²) in [5.74, 6) is -1.49. The number of carbonyl (C=O) groups is 3. The maximum Gasteiger partial charge on any atom is 0.255 e. The average molecular weight is 372 g/mol. The lowest BCUT2D eigenvalue weighted by atomic mass is 10.0. The van der Waals surface area contributed by atoms with Crippen LogP contribution in [0.2, 0.25) is 0 Å². The molecule has 2 bridgehead atoms. The molecule has 4 aliphatic heterocycles. The van der Waals surface area contributed by atoms with Gasteiger partial charge in [0.25, 0.3) is 5.91 Å². The molecule has 1 aromatic carbocycles. The summed E-state index contributed by atoms with van der Waals surface area (Å²) in [5, 5.41) is 5.67. The molecule has 27 heavy (non-hydrogen) atoms. The molecule has 3 atom stereocenters. The van der Waals surface area contributed by atoms with Crippen molar-refractivity contribution >= 4 is 23.4 Å². The van der Waals surface area contributed by atoms with E-state index < -0.39 is 11.9 Å². The van der Waals surface area contributed by atoms with E-state index in [1.807, 2.05) is 0 Å². The van der Waals surface area contributed by atoms with E-state index in [1.165, 1.54) is 11.0 Å². The van der Waals surface area contributed by atoms with Gasteiger partial charge in [-0.1, -0.05) is 0 Å². The van der Waals surface area contributed by atoms with E-state index in [2.05, 4.69) is 15.5 Å². The molecule has 3 fully saturated rings. The molecule has 142 valence electrons. The van der Waals surface area contributed by atoms with E-state index in [0.717, 1.165) is 31.5 Å². The van der Waals surface area contributed by atoms with Crippen molar-refractivity contribution in [1.82, 2.24) is 15.5 Å². The van der Waals surface area contributed by atoms with E-state index in [4.69, 9.17) is 0 Å². The Morgan fingerprint density at radius 3 is 2.48 bits per heavy atom. The molecule has 3 amide bonds. The Hall–Kier alpha value is -2.48. The summed E-state index contributed by atoms with van der Waals surface area (Å²) < 4.78 is 14.9. The highest BCUT2D eigenvalue weighted by atomic mass is 19.1. The molecule has 0 saturated carbocycles. The van der Waals surface area contributed by atoms with Crippen LogP contribution in [0.5, 0.6) is 0 Å². The predicted octanol–water partition coefficient (Wildman–Crippen LogP) is 0.527. The van der Waals surface area contributed by atoms with Crippen LogP contribution in [0, 0.1) is 5.82 Å². The van der Waals surface area contributed by atoms with Crippen LogP contribution in [0.3, 0.4) is 0 Å². The lowest BCUT2D eigenvalue weighted by Gasteiger charge is -2.37. The molecule has 4 heterocycles. The largest absolute Gasteiger partial charge is 0.361 e. The molecule has 0 aromatic heterocycles. The van der Waals surface area contributed by atoms with Crippen molar-refractivity contribution < 1.29 is 18.8 Å². The molecule has 8 heteroatoms. The summed E-state index contributed by atoms with van der Waals surface area (Å²) in [6, 6.07) is 2.98.